The number of ether oxygens (including phenoxy) is 2. The van der Waals surface area contributed by atoms with E-state index in [1.54, 1.807) is 0 Å². The van der Waals surface area contributed by atoms with Crippen LogP contribution in [0.1, 0.15) is 44.5 Å². The van der Waals surface area contributed by atoms with Gasteiger partial charge in [0, 0.05) is 86.6 Å². The molecule has 16 aromatic carbocycles. The van der Waals surface area contributed by atoms with Gasteiger partial charge in [-0.25, -0.2) is 19.9 Å². The summed E-state index contributed by atoms with van der Waals surface area (Å²) >= 11 is 1.81. The first-order chi connectivity index (χ1) is 56.4. The van der Waals surface area contributed by atoms with Gasteiger partial charge in [-0.2, -0.15) is 0 Å². The molecule has 0 radical (unpaired) electrons. The van der Waals surface area contributed by atoms with E-state index >= 15 is 0 Å². The van der Waals surface area contributed by atoms with Crippen LogP contribution >= 0.6 is 11.3 Å². The molecule has 0 saturated heterocycles. The molecule has 7 nitrogen and oxygen atoms in total. The van der Waals surface area contributed by atoms with Crippen molar-refractivity contribution >= 4 is 53.4 Å². The minimum atomic E-state index is -0.697. The summed E-state index contributed by atoms with van der Waals surface area (Å²) < 4.78 is 23.7. The zero-order chi connectivity index (χ0) is 74.7. The maximum absolute atomic E-state index is 7.17. The van der Waals surface area contributed by atoms with Crippen molar-refractivity contribution in [2.75, 3.05) is 0 Å². The van der Waals surface area contributed by atoms with E-state index in [0.29, 0.717) is 11.6 Å². The third-order valence-electron chi connectivity index (χ3n) is 24.1. The van der Waals surface area contributed by atoms with E-state index < -0.39 is 10.8 Å². The molecular formula is C106H62N4O3S. The lowest BCUT2D eigenvalue weighted by Gasteiger charge is -2.39. The number of hydrogen-bond acceptors (Lipinski definition) is 8. The van der Waals surface area contributed by atoms with Crippen molar-refractivity contribution in [1.82, 2.24) is 19.9 Å². The van der Waals surface area contributed by atoms with E-state index in [2.05, 4.69) is 340 Å². The molecule has 6 heterocycles. The summed E-state index contributed by atoms with van der Waals surface area (Å²) in [5.41, 5.74) is 29.9. The second kappa shape index (κ2) is 24.9. The normalized spacial score (nSPS) is 14.2. The summed E-state index contributed by atoms with van der Waals surface area (Å²) in [6.45, 7) is 0. The third-order valence-corrected chi connectivity index (χ3v) is 25.2. The van der Waals surface area contributed by atoms with Crippen molar-refractivity contribution in [2.45, 2.75) is 10.8 Å². The standard InChI is InChI=1S/C106H62N4O3S/c1-3-23-63(24-4-1)103-107-91(61-93(109-103)76-32-9-7-27-71(76)67-47-53-89-99(57-67)111-95-40-20-18-38-87(95)105(89)83-35-15-11-29-73(83)74-30-12-16-36-84(74)105)69-44-50-79-78-49-43-66(56-97(78)113-98(79)59-69)65-46-52-86-82(55-65)75-31-13-17-37-85(75)106(86)88-39-19-21-41-96(88)112-100-58-68(48-54-90(100)106)72-28-8-10-33-77(72)94-62-92(108-104(110-94)64-25-5-2-6-26-64)70-45-51-81-80-34-14-22-42-101(80)114-102(81)60-70/h1-62H. The van der Waals surface area contributed by atoms with Gasteiger partial charge < -0.3 is 13.9 Å². The van der Waals surface area contributed by atoms with Crippen LogP contribution in [0.3, 0.4) is 0 Å². The quantitative estimate of drug-likeness (QED) is 0.142. The summed E-state index contributed by atoms with van der Waals surface area (Å²) in [5, 5.41) is 4.58. The average molecular weight is 1470 g/mol. The van der Waals surface area contributed by atoms with E-state index in [0.717, 1.165) is 157 Å². The predicted molar refractivity (Wildman–Crippen MR) is 461 cm³/mol. The first-order valence-electron chi connectivity index (χ1n) is 38.7. The van der Waals surface area contributed by atoms with Crippen LogP contribution in [0.15, 0.2) is 381 Å². The molecule has 8 heteroatoms. The third kappa shape index (κ3) is 9.56. The number of hydrogen-bond donors (Lipinski definition) is 0. The van der Waals surface area contributed by atoms with Crippen LogP contribution in [-0.2, 0) is 10.8 Å². The number of para-hydroxylation sites is 2. The number of benzene rings is 16. The summed E-state index contributed by atoms with van der Waals surface area (Å²) in [4.78, 5) is 21.4. The van der Waals surface area contributed by atoms with Crippen molar-refractivity contribution < 1.29 is 13.9 Å². The molecule has 0 N–H and O–H groups in total. The minimum absolute atomic E-state index is 0.563. The maximum Gasteiger partial charge on any atom is 0.160 e. The van der Waals surface area contributed by atoms with E-state index in [9.17, 15) is 0 Å². The van der Waals surface area contributed by atoms with E-state index in [1.807, 2.05) is 47.7 Å². The number of aromatic nitrogens is 4. The zero-order valence-corrected chi connectivity index (χ0v) is 62.0. The molecule has 20 aromatic rings. The average Bonchev–Trinajstić information content (AvgIpc) is 1.45. The van der Waals surface area contributed by atoms with Gasteiger partial charge >= 0.3 is 0 Å². The molecule has 0 fully saturated rings. The Morgan fingerprint density at radius 2 is 0.561 bits per heavy atom. The molecule has 2 aliphatic carbocycles. The molecular weight excluding hydrogens is 1410 g/mol. The molecule has 4 aromatic heterocycles. The lowest BCUT2D eigenvalue weighted by atomic mass is 9.66. The molecule has 0 amide bonds. The largest absolute Gasteiger partial charge is 0.457 e. The second-order valence-corrected chi connectivity index (χ2v) is 31.2. The van der Waals surface area contributed by atoms with Crippen LogP contribution in [0, 0.1) is 0 Å². The van der Waals surface area contributed by atoms with Crippen LogP contribution < -0.4 is 9.47 Å². The Hall–Kier alpha value is -14.7. The Kier molecular flexibility index (Phi) is 14.0. The predicted octanol–water partition coefficient (Wildman–Crippen LogP) is 27.5. The molecule has 2 spiro atoms. The maximum atomic E-state index is 7.17. The number of nitrogens with zero attached hydrogens (tertiary/aromatic N) is 4. The highest BCUT2D eigenvalue weighted by Crippen LogP contribution is 2.65. The fraction of sp³-hybridized carbons (Fsp3) is 0.0189. The lowest BCUT2D eigenvalue weighted by Crippen LogP contribution is -2.32. The molecule has 114 heavy (non-hydrogen) atoms. The van der Waals surface area contributed by atoms with Gasteiger partial charge in [-0.15, -0.1) is 11.3 Å². The summed E-state index contributed by atoms with van der Waals surface area (Å²) in [7, 11) is 0. The first-order valence-corrected chi connectivity index (χ1v) is 39.5. The van der Waals surface area contributed by atoms with Crippen molar-refractivity contribution in [3.8, 4) is 146 Å². The highest BCUT2D eigenvalue weighted by molar-refractivity contribution is 7.25. The Bertz CT molecular complexity index is 7420. The van der Waals surface area contributed by atoms with E-state index in [-0.39, 0.29) is 0 Å². The molecule has 4 aliphatic rings. The van der Waals surface area contributed by atoms with Crippen molar-refractivity contribution in [3.63, 3.8) is 0 Å². The fourth-order valence-corrected chi connectivity index (χ4v) is 20.2. The van der Waals surface area contributed by atoms with Gasteiger partial charge in [0.05, 0.1) is 33.6 Å². The molecule has 0 saturated carbocycles. The van der Waals surface area contributed by atoms with Gasteiger partial charge in [0.2, 0.25) is 0 Å². The van der Waals surface area contributed by atoms with Crippen LogP contribution in [-0.4, -0.2) is 19.9 Å². The fourth-order valence-electron chi connectivity index (χ4n) is 19.1. The van der Waals surface area contributed by atoms with Crippen LogP contribution in [0.2, 0.25) is 0 Å². The zero-order valence-electron chi connectivity index (χ0n) is 61.2. The number of fused-ring (bicyclic) bond motifs is 24. The topological polar surface area (TPSA) is 83.2 Å². The van der Waals surface area contributed by atoms with Crippen molar-refractivity contribution in [3.05, 3.63) is 421 Å². The van der Waals surface area contributed by atoms with Crippen LogP contribution in [0.5, 0.6) is 23.0 Å². The smallest absolute Gasteiger partial charge is 0.160 e. The van der Waals surface area contributed by atoms with Crippen LogP contribution in [0.25, 0.3) is 166 Å². The van der Waals surface area contributed by atoms with Gasteiger partial charge in [-0.1, -0.05) is 297 Å². The molecule has 24 rings (SSSR count). The number of rotatable bonds is 9. The molecule has 0 bridgehead atoms. The van der Waals surface area contributed by atoms with Gasteiger partial charge in [-0.3, -0.25) is 0 Å². The van der Waals surface area contributed by atoms with Crippen LogP contribution in [0.4, 0.5) is 0 Å². The summed E-state index contributed by atoms with van der Waals surface area (Å²) in [6.07, 6.45) is 0. The molecule has 2 aliphatic heterocycles. The second-order valence-electron chi connectivity index (χ2n) is 30.1. The van der Waals surface area contributed by atoms with Gasteiger partial charge in [0.1, 0.15) is 34.2 Å². The minimum Gasteiger partial charge on any atom is -0.457 e. The summed E-state index contributed by atoms with van der Waals surface area (Å²) in [6, 6.07) is 135. The van der Waals surface area contributed by atoms with Gasteiger partial charge in [-0.05, 0) is 157 Å². The lowest BCUT2D eigenvalue weighted by molar-refractivity contribution is 0.436. The Morgan fingerprint density at radius 1 is 0.202 bits per heavy atom. The monoisotopic (exact) mass is 1470 g/mol. The first kappa shape index (κ1) is 64.2. The highest BCUT2D eigenvalue weighted by Gasteiger charge is 2.53. The molecule has 530 valence electrons. The molecule has 1 atom stereocenters. The Labute approximate surface area is 660 Å². The molecule has 1 unspecified atom stereocenters. The summed E-state index contributed by atoms with van der Waals surface area (Å²) in [5.74, 6) is 4.61. The van der Waals surface area contributed by atoms with E-state index in [1.165, 1.54) is 64.7 Å². The van der Waals surface area contributed by atoms with Crippen molar-refractivity contribution in [1.29, 1.82) is 0 Å². The van der Waals surface area contributed by atoms with Gasteiger partial charge in [0.15, 0.2) is 11.6 Å². The van der Waals surface area contributed by atoms with E-state index in [4.69, 9.17) is 33.8 Å². The highest BCUT2D eigenvalue weighted by atomic mass is 32.1. The number of furan rings is 1. The Morgan fingerprint density at radius 3 is 1.11 bits per heavy atom. The number of thiophene rings is 1. The SMILES string of the molecule is c1ccc(-c2nc(-c3ccc4c(c3)oc3cc(-c5ccc6c(c5)-c5ccccc5C65c6ccccc6Oc6cc(-c7ccccc7-c7cc(-c8ccc9c(c8)sc8ccccc89)nc(-c8ccccc8)n7)ccc65)ccc34)cc(-c3ccccc3-c3ccc4c(c3)Oc3ccccc3C43c4ccccc4-c4ccccc43)n2)cc1. The Balaban J connectivity index is 0.580. The van der Waals surface area contributed by atoms with Crippen molar-refractivity contribution in [2.24, 2.45) is 0 Å². The van der Waals surface area contributed by atoms with Gasteiger partial charge in [0.25, 0.3) is 0 Å².